The molecule has 80 valence electrons. The van der Waals surface area contributed by atoms with Crippen molar-refractivity contribution >= 4 is 0 Å². The molecule has 0 aliphatic rings. The van der Waals surface area contributed by atoms with Gasteiger partial charge in [-0.15, -0.1) is 0 Å². The van der Waals surface area contributed by atoms with E-state index in [1.807, 2.05) is 19.1 Å². The molecule has 15 heavy (non-hydrogen) atoms. The molecule has 1 unspecified atom stereocenters. The van der Waals surface area contributed by atoms with E-state index >= 15 is 0 Å². The van der Waals surface area contributed by atoms with Crippen molar-refractivity contribution < 1.29 is 4.74 Å². The predicted molar refractivity (Wildman–Crippen MR) is 57.2 cm³/mol. The first-order chi connectivity index (χ1) is 7.27. The second-order valence-corrected chi connectivity index (χ2v) is 3.24. The molecule has 0 spiro atoms. The number of nitrogens with one attached hydrogen (secondary N) is 1. The number of hydrogen-bond acceptors (Lipinski definition) is 4. The molecule has 1 atom stereocenters. The van der Waals surface area contributed by atoms with Gasteiger partial charge in [-0.3, -0.25) is 10.3 Å². The summed E-state index contributed by atoms with van der Waals surface area (Å²) in [5.74, 6) is 0. The summed E-state index contributed by atoms with van der Waals surface area (Å²) in [6, 6.07) is 5.69. The number of ether oxygens (including phenoxy) is 1. The van der Waals surface area contributed by atoms with Crippen LogP contribution in [0.4, 0.5) is 0 Å². The van der Waals surface area contributed by atoms with Crippen LogP contribution in [-0.2, 0) is 4.74 Å². The van der Waals surface area contributed by atoms with Crippen molar-refractivity contribution in [3.63, 3.8) is 0 Å². The first-order valence-corrected chi connectivity index (χ1v) is 4.82. The Bertz CT molecular complexity index is 329. The summed E-state index contributed by atoms with van der Waals surface area (Å²) in [6.07, 6.45) is 1.73. The summed E-state index contributed by atoms with van der Waals surface area (Å²) in [5.41, 5.74) is 1.84. The van der Waals surface area contributed by atoms with Crippen LogP contribution in [0.5, 0.6) is 0 Å². The van der Waals surface area contributed by atoms with Crippen molar-refractivity contribution in [1.29, 1.82) is 5.26 Å². The number of nitrogens with zero attached hydrogens (tertiary/aromatic N) is 2. The Hall–Kier alpha value is -1.44. The minimum absolute atomic E-state index is 0.312. The Morgan fingerprint density at radius 2 is 2.40 bits per heavy atom. The zero-order chi connectivity index (χ0) is 11.1. The molecule has 0 radical (unpaired) electrons. The van der Waals surface area contributed by atoms with Crippen LogP contribution in [0.3, 0.4) is 0 Å². The van der Waals surface area contributed by atoms with Crippen molar-refractivity contribution in [2.45, 2.75) is 13.0 Å². The lowest BCUT2D eigenvalue weighted by Gasteiger charge is -2.10. The summed E-state index contributed by atoms with van der Waals surface area (Å²) in [6.45, 7) is 3.17. The maximum Gasteiger partial charge on any atom is 0.122 e. The first kappa shape index (κ1) is 11.6. The highest BCUT2D eigenvalue weighted by Crippen LogP contribution is 2.10. The third-order valence-corrected chi connectivity index (χ3v) is 2.05. The van der Waals surface area contributed by atoms with Crippen molar-refractivity contribution in [2.24, 2.45) is 0 Å². The zero-order valence-electron chi connectivity index (χ0n) is 9.03. The van der Waals surface area contributed by atoms with E-state index < -0.39 is 0 Å². The number of aryl methyl sites for hydroxylation is 1. The average molecular weight is 205 g/mol. The molecule has 1 rings (SSSR count). The Morgan fingerprint density at radius 1 is 1.60 bits per heavy atom. The lowest BCUT2D eigenvalue weighted by Crippen LogP contribution is -2.24. The van der Waals surface area contributed by atoms with Crippen LogP contribution in [0.15, 0.2) is 18.3 Å². The highest BCUT2D eigenvalue weighted by atomic mass is 16.5. The Morgan fingerprint density at radius 3 is 2.93 bits per heavy atom. The van der Waals surface area contributed by atoms with Crippen molar-refractivity contribution in [3.05, 3.63) is 29.6 Å². The second kappa shape index (κ2) is 6.12. The van der Waals surface area contributed by atoms with Crippen LogP contribution in [0.1, 0.15) is 17.3 Å². The fourth-order valence-corrected chi connectivity index (χ4v) is 1.19. The van der Waals surface area contributed by atoms with Gasteiger partial charge in [0.1, 0.15) is 6.04 Å². The van der Waals surface area contributed by atoms with Crippen molar-refractivity contribution in [3.8, 4) is 6.07 Å². The fraction of sp³-hybridized carbons (Fsp3) is 0.455. The van der Waals surface area contributed by atoms with E-state index in [0.717, 1.165) is 11.3 Å². The van der Waals surface area contributed by atoms with Crippen LogP contribution in [0.25, 0.3) is 0 Å². The molecule has 0 fully saturated rings. The van der Waals surface area contributed by atoms with Gasteiger partial charge in [0.05, 0.1) is 12.7 Å². The lowest BCUT2D eigenvalue weighted by atomic mass is 10.1. The number of rotatable bonds is 5. The molecule has 0 amide bonds. The summed E-state index contributed by atoms with van der Waals surface area (Å²) < 4.78 is 4.90. The molecule has 1 aromatic rings. The average Bonchev–Trinajstić information content (AvgIpc) is 2.26. The minimum atomic E-state index is -0.312. The third kappa shape index (κ3) is 3.66. The maximum atomic E-state index is 8.97. The van der Waals surface area contributed by atoms with Crippen LogP contribution in [-0.4, -0.2) is 25.2 Å². The standard InChI is InChI=1S/C11H15N3O/c1-9-3-4-10(8-14-9)11(7-12)13-5-6-15-2/h3-4,8,11,13H,5-6H2,1-2H3. The number of hydrogen-bond donors (Lipinski definition) is 1. The van der Waals surface area contributed by atoms with E-state index in [0.29, 0.717) is 13.2 Å². The fourth-order valence-electron chi connectivity index (χ4n) is 1.19. The Kier molecular flexibility index (Phi) is 4.75. The van der Waals surface area contributed by atoms with Crippen LogP contribution in [0.2, 0.25) is 0 Å². The largest absolute Gasteiger partial charge is 0.383 e. The van der Waals surface area contributed by atoms with Gasteiger partial charge >= 0.3 is 0 Å². The molecule has 1 heterocycles. The van der Waals surface area contributed by atoms with E-state index in [9.17, 15) is 0 Å². The Balaban J connectivity index is 2.59. The summed E-state index contributed by atoms with van der Waals surface area (Å²) >= 11 is 0. The predicted octanol–water partition coefficient (Wildman–Crippen LogP) is 1.19. The highest BCUT2D eigenvalue weighted by Gasteiger charge is 2.08. The number of methoxy groups -OCH3 is 1. The molecule has 0 bridgehead atoms. The second-order valence-electron chi connectivity index (χ2n) is 3.24. The minimum Gasteiger partial charge on any atom is -0.383 e. The monoisotopic (exact) mass is 205 g/mol. The van der Waals surface area contributed by atoms with Gasteiger partial charge in [0.25, 0.3) is 0 Å². The summed E-state index contributed by atoms with van der Waals surface area (Å²) in [5, 5.41) is 12.0. The smallest absolute Gasteiger partial charge is 0.122 e. The van der Waals surface area contributed by atoms with E-state index in [4.69, 9.17) is 10.00 Å². The van der Waals surface area contributed by atoms with Gasteiger partial charge in [0.2, 0.25) is 0 Å². The topological polar surface area (TPSA) is 57.9 Å². The van der Waals surface area contributed by atoms with Gasteiger partial charge in [0, 0.05) is 31.1 Å². The normalized spacial score (nSPS) is 12.1. The molecule has 0 saturated carbocycles. The van der Waals surface area contributed by atoms with Gasteiger partial charge in [-0.1, -0.05) is 6.07 Å². The molecular formula is C11H15N3O. The first-order valence-electron chi connectivity index (χ1n) is 4.82. The Labute approximate surface area is 89.9 Å². The van der Waals surface area contributed by atoms with E-state index in [1.54, 1.807) is 13.3 Å². The molecule has 4 heteroatoms. The summed E-state index contributed by atoms with van der Waals surface area (Å²) in [4.78, 5) is 4.15. The van der Waals surface area contributed by atoms with Crippen molar-refractivity contribution in [1.82, 2.24) is 10.3 Å². The molecular weight excluding hydrogens is 190 g/mol. The van der Waals surface area contributed by atoms with Crippen LogP contribution in [0, 0.1) is 18.3 Å². The van der Waals surface area contributed by atoms with Gasteiger partial charge in [-0.05, 0) is 13.0 Å². The number of aromatic nitrogens is 1. The molecule has 0 aromatic carbocycles. The SMILES string of the molecule is COCCNC(C#N)c1ccc(C)nc1. The van der Waals surface area contributed by atoms with E-state index in [1.165, 1.54) is 0 Å². The molecule has 1 N–H and O–H groups in total. The van der Waals surface area contributed by atoms with Gasteiger partial charge in [-0.25, -0.2) is 0 Å². The van der Waals surface area contributed by atoms with E-state index in [-0.39, 0.29) is 6.04 Å². The molecule has 0 saturated heterocycles. The lowest BCUT2D eigenvalue weighted by molar-refractivity contribution is 0.198. The van der Waals surface area contributed by atoms with Crippen LogP contribution < -0.4 is 5.32 Å². The highest BCUT2D eigenvalue weighted by molar-refractivity contribution is 5.22. The molecule has 1 aromatic heterocycles. The van der Waals surface area contributed by atoms with Gasteiger partial charge in [0.15, 0.2) is 0 Å². The van der Waals surface area contributed by atoms with Gasteiger partial charge < -0.3 is 4.74 Å². The molecule has 4 nitrogen and oxygen atoms in total. The third-order valence-electron chi connectivity index (χ3n) is 2.05. The number of pyridine rings is 1. The van der Waals surface area contributed by atoms with E-state index in [2.05, 4.69) is 16.4 Å². The van der Waals surface area contributed by atoms with Gasteiger partial charge in [-0.2, -0.15) is 5.26 Å². The quantitative estimate of drug-likeness (QED) is 0.733. The number of nitriles is 1. The molecule has 0 aliphatic heterocycles. The summed E-state index contributed by atoms with van der Waals surface area (Å²) in [7, 11) is 1.64. The van der Waals surface area contributed by atoms with Crippen molar-refractivity contribution in [2.75, 3.05) is 20.3 Å². The zero-order valence-corrected chi connectivity index (χ0v) is 9.03. The molecule has 0 aliphatic carbocycles. The maximum absolute atomic E-state index is 8.97. The van der Waals surface area contributed by atoms with Crippen LogP contribution >= 0.6 is 0 Å².